The number of benzene rings is 1. The normalized spacial score (nSPS) is 10.7. The van der Waals surface area contributed by atoms with Gasteiger partial charge in [0.2, 0.25) is 0 Å². The first-order valence-electron chi connectivity index (χ1n) is 5.66. The lowest BCUT2D eigenvalue weighted by atomic mass is 10.2. The third-order valence-corrected chi connectivity index (χ3v) is 2.61. The molecule has 1 rings (SSSR count). The van der Waals surface area contributed by atoms with Crippen molar-refractivity contribution in [1.29, 1.82) is 0 Å². The van der Waals surface area contributed by atoms with Crippen molar-refractivity contribution in [3.8, 4) is 5.75 Å². The van der Waals surface area contributed by atoms with E-state index in [4.69, 9.17) is 4.74 Å². The van der Waals surface area contributed by atoms with Crippen LogP contribution in [0.4, 0.5) is 0 Å². The lowest BCUT2D eigenvalue weighted by Crippen LogP contribution is -2.23. The molecule has 0 aromatic heterocycles. The quantitative estimate of drug-likeness (QED) is 0.711. The van der Waals surface area contributed by atoms with Crippen molar-refractivity contribution in [1.82, 2.24) is 4.90 Å². The maximum Gasteiger partial charge on any atom is 0.119 e. The molecule has 0 saturated heterocycles. The molecule has 1 aromatic carbocycles. The second-order valence-corrected chi connectivity index (χ2v) is 3.74. The van der Waals surface area contributed by atoms with E-state index >= 15 is 0 Å². The predicted molar refractivity (Wildman–Crippen MR) is 64.5 cm³/mol. The summed E-state index contributed by atoms with van der Waals surface area (Å²) in [6.45, 7) is 7.11. The topological polar surface area (TPSA) is 12.5 Å². The molecule has 15 heavy (non-hydrogen) atoms. The van der Waals surface area contributed by atoms with Gasteiger partial charge in [0.05, 0.1) is 0 Å². The van der Waals surface area contributed by atoms with E-state index in [2.05, 4.69) is 37.9 Å². The Morgan fingerprint density at radius 3 is 2.33 bits per heavy atom. The Morgan fingerprint density at radius 1 is 1.13 bits per heavy atom. The van der Waals surface area contributed by atoms with Gasteiger partial charge in [-0.15, -0.1) is 0 Å². The van der Waals surface area contributed by atoms with Crippen LogP contribution in [0, 0.1) is 0 Å². The third-order valence-electron chi connectivity index (χ3n) is 2.61. The monoisotopic (exact) mass is 207 g/mol. The van der Waals surface area contributed by atoms with E-state index < -0.39 is 0 Å². The highest BCUT2D eigenvalue weighted by atomic mass is 16.5. The molecule has 0 heterocycles. The van der Waals surface area contributed by atoms with Crippen LogP contribution in [0.2, 0.25) is 0 Å². The first-order chi connectivity index (χ1) is 7.26. The molecule has 2 nitrogen and oxygen atoms in total. The number of nitrogens with zero attached hydrogens (tertiary/aromatic N) is 1. The predicted octanol–water partition coefficient (Wildman–Crippen LogP) is 2.58. The summed E-state index contributed by atoms with van der Waals surface area (Å²) in [5.74, 6) is 0.969. The molecule has 0 atom stereocenters. The van der Waals surface area contributed by atoms with Gasteiger partial charge >= 0.3 is 0 Å². The summed E-state index contributed by atoms with van der Waals surface area (Å²) in [5, 5.41) is 0. The Morgan fingerprint density at radius 2 is 1.80 bits per heavy atom. The van der Waals surface area contributed by atoms with Gasteiger partial charge in [-0.1, -0.05) is 26.0 Å². The Bertz CT molecular complexity index is 268. The maximum atomic E-state index is 5.64. The van der Waals surface area contributed by atoms with Gasteiger partial charge in [-0.3, -0.25) is 0 Å². The van der Waals surface area contributed by atoms with Crippen LogP contribution >= 0.6 is 0 Å². The van der Waals surface area contributed by atoms with Crippen molar-refractivity contribution in [3.63, 3.8) is 0 Å². The molecule has 0 saturated carbocycles. The first kappa shape index (κ1) is 12.1. The summed E-state index contributed by atoms with van der Waals surface area (Å²) in [4.78, 5) is 2.24. The molecule has 0 aliphatic rings. The summed E-state index contributed by atoms with van der Waals surface area (Å²) >= 11 is 0. The molecule has 0 radical (unpaired) electrons. The molecule has 0 fully saturated rings. The smallest absolute Gasteiger partial charge is 0.119 e. The molecule has 1 aromatic rings. The fourth-order valence-electron chi connectivity index (χ4n) is 1.30. The number of likely N-dealkylation sites (N-methyl/N-ethyl adjacent to an activating group) is 1. The standard InChI is InChI=1S/C13H21NO/c1-4-12-6-8-13(9-7-12)15-11-10-14(3)5-2/h6-9H,4-5,10-11H2,1-3H3. The Kier molecular flexibility index (Phi) is 5.19. The molecule has 0 spiro atoms. The molecule has 84 valence electrons. The van der Waals surface area contributed by atoms with E-state index in [-0.39, 0.29) is 0 Å². The van der Waals surface area contributed by atoms with Crippen molar-refractivity contribution in [2.45, 2.75) is 20.3 Å². The first-order valence-corrected chi connectivity index (χ1v) is 5.66. The highest BCUT2D eigenvalue weighted by Gasteiger charge is 1.96. The molecule has 0 amide bonds. The van der Waals surface area contributed by atoms with Crippen LogP contribution in [-0.2, 0) is 6.42 Å². The summed E-state index contributed by atoms with van der Waals surface area (Å²) < 4.78 is 5.64. The molecule has 0 aliphatic carbocycles. The van der Waals surface area contributed by atoms with Crippen molar-refractivity contribution < 1.29 is 4.74 Å². The van der Waals surface area contributed by atoms with E-state index in [1.54, 1.807) is 0 Å². The second kappa shape index (κ2) is 6.46. The SMILES string of the molecule is CCc1ccc(OCCN(C)CC)cc1. The molecular formula is C13H21NO. The number of aryl methyl sites for hydroxylation is 1. The molecule has 0 bridgehead atoms. The lowest BCUT2D eigenvalue weighted by molar-refractivity contribution is 0.244. The third kappa shape index (κ3) is 4.34. The number of hydrogen-bond donors (Lipinski definition) is 0. The van der Waals surface area contributed by atoms with Gasteiger partial charge in [0.1, 0.15) is 12.4 Å². The maximum absolute atomic E-state index is 5.64. The van der Waals surface area contributed by atoms with Gasteiger partial charge in [0, 0.05) is 6.54 Å². The zero-order chi connectivity index (χ0) is 11.1. The van der Waals surface area contributed by atoms with Gasteiger partial charge in [-0.25, -0.2) is 0 Å². The number of rotatable bonds is 6. The largest absolute Gasteiger partial charge is 0.492 e. The minimum Gasteiger partial charge on any atom is -0.492 e. The number of ether oxygens (including phenoxy) is 1. The highest BCUT2D eigenvalue weighted by Crippen LogP contribution is 2.12. The van der Waals surface area contributed by atoms with Gasteiger partial charge in [0.25, 0.3) is 0 Å². The van der Waals surface area contributed by atoms with E-state index in [9.17, 15) is 0 Å². The minimum absolute atomic E-state index is 0.760. The summed E-state index contributed by atoms with van der Waals surface area (Å²) in [6, 6.07) is 8.34. The van der Waals surface area contributed by atoms with Gasteiger partial charge < -0.3 is 9.64 Å². The fourth-order valence-corrected chi connectivity index (χ4v) is 1.30. The zero-order valence-electron chi connectivity index (χ0n) is 9.99. The summed E-state index contributed by atoms with van der Waals surface area (Å²) in [7, 11) is 2.10. The molecule has 0 aliphatic heterocycles. The summed E-state index contributed by atoms with van der Waals surface area (Å²) in [5.41, 5.74) is 1.35. The Hall–Kier alpha value is -1.02. The minimum atomic E-state index is 0.760. The van der Waals surface area contributed by atoms with Crippen LogP contribution in [0.3, 0.4) is 0 Å². The average molecular weight is 207 g/mol. The summed E-state index contributed by atoms with van der Waals surface area (Å²) in [6.07, 6.45) is 1.08. The van der Waals surface area contributed by atoms with E-state index in [0.717, 1.165) is 31.9 Å². The molecule has 0 unspecified atom stereocenters. The van der Waals surface area contributed by atoms with Crippen LogP contribution in [-0.4, -0.2) is 31.6 Å². The van der Waals surface area contributed by atoms with Gasteiger partial charge in [-0.05, 0) is 37.7 Å². The van der Waals surface area contributed by atoms with E-state index in [1.807, 2.05) is 12.1 Å². The fraction of sp³-hybridized carbons (Fsp3) is 0.538. The van der Waals surface area contributed by atoms with Crippen molar-refractivity contribution >= 4 is 0 Å². The average Bonchev–Trinajstić information content (AvgIpc) is 2.29. The van der Waals surface area contributed by atoms with Crippen LogP contribution in [0.5, 0.6) is 5.75 Å². The van der Waals surface area contributed by atoms with Gasteiger partial charge in [0.15, 0.2) is 0 Å². The molecule has 0 N–H and O–H groups in total. The van der Waals surface area contributed by atoms with E-state index in [0.29, 0.717) is 0 Å². The van der Waals surface area contributed by atoms with E-state index in [1.165, 1.54) is 5.56 Å². The van der Waals surface area contributed by atoms with Crippen LogP contribution in [0.1, 0.15) is 19.4 Å². The number of hydrogen-bond acceptors (Lipinski definition) is 2. The Labute approximate surface area is 92.9 Å². The van der Waals surface area contributed by atoms with Crippen LogP contribution in [0.15, 0.2) is 24.3 Å². The van der Waals surface area contributed by atoms with Crippen molar-refractivity contribution in [3.05, 3.63) is 29.8 Å². The molecular weight excluding hydrogens is 186 g/mol. The lowest BCUT2D eigenvalue weighted by Gasteiger charge is -2.14. The zero-order valence-corrected chi connectivity index (χ0v) is 9.99. The van der Waals surface area contributed by atoms with Crippen molar-refractivity contribution in [2.75, 3.05) is 26.7 Å². The van der Waals surface area contributed by atoms with Crippen molar-refractivity contribution in [2.24, 2.45) is 0 Å². The Balaban J connectivity index is 2.31. The van der Waals surface area contributed by atoms with Gasteiger partial charge in [-0.2, -0.15) is 0 Å². The van der Waals surface area contributed by atoms with Crippen LogP contribution in [0.25, 0.3) is 0 Å². The second-order valence-electron chi connectivity index (χ2n) is 3.74. The highest BCUT2D eigenvalue weighted by molar-refractivity contribution is 5.27. The van der Waals surface area contributed by atoms with Crippen LogP contribution < -0.4 is 4.74 Å². The molecule has 2 heteroatoms.